The van der Waals surface area contributed by atoms with Gasteiger partial charge in [-0.15, -0.1) is 0 Å². The molecule has 1 atom stereocenters. The topological polar surface area (TPSA) is 145 Å². The van der Waals surface area contributed by atoms with Gasteiger partial charge >= 0.3 is 0 Å². The molecule has 9 heteroatoms. The zero-order valence-electron chi connectivity index (χ0n) is 13.7. The maximum Gasteiger partial charge on any atom is 0.254 e. The van der Waals surface area contributed by atoms with Crippen LogP contribution in [0.1, 0.15) is 16.8 Å². The molecule has 0 spiro atoms. The number of ether oxygens (including phenoxy) is 1. The monoisotopic (exact) mass is 344 g/mol. The fourth-order valence-electron chi connectivity index (χ4n) is 2.08. The number of carbonyl (C=O) groups is 2. The van der Waals surface area contributed by atoms with Gasteiger partial charge in [-0.3, -0.25) is 4.79 Å². The lowest BCUT2D eigenvalue weighted by Gasteiger charge is -2.14. The number of aromatic nitrogens is 2. The lowest BCUT2D eigenvalue weighted by molar-refractivity contribution is -0.108. The molecule has 1 amide bonds. The largest absolute Gasteiger partial charge is 0.497 e. The Morgan fingerprint density at radius 2 is 2.24 bits per heavy atom. The van der Waals surface area contributed by atoms with Crippen LogP contribution in [0, 0.1) is 0 Å². The van der Waals surface area contributed by atoms with Crippen LogP contribution in [0.4, 0.5) is 17.5 Å². The van der Waals surface area contributed by atoms with Gasteiger partial charge in [0, 0.05) is 18.0 Å². The number of rotatable bonds is 9. The molecule has 25 heavy (non-hydrogen) atoms. The number of anilines is 3. The van der Waals surface area contributed by atoms with E-state index in [4.69, 9.17) is 16.2 Å². The molecule has 1 heterocycles. The second kappa shape index (κ2) is 8.60. The maximum atomic E-state index is 11.6. The van der Waals surface area contributed by atoms with Crippen molar-refractivity contribution in [3.8, 4) is 5.75 Å². The number of nitrogens with two attached hydrogens (primary N) is 2. The van der Waals surface area contributed by atoms with Crippen LogP contribution in [0.5, 0.6) is 5.75 Å². The Morgan fingerprint density at radius 1 is 1.44 bits per heavy atom. The number of carbonyl (C=O) groups excluding carboxylic acids is 2. The highest BCUT2D eigenvalue weighted by Crippen LogP contribution is 2.23. The number of hydrogen-bond acceptors (Lipinski definition) is 8. The van der Waals surface area contributed by atoms with E-state index in [9.17, 15) is 9.59 Å². The van der Waals surface area contributed by atoms with Crippen LogP contribution in [0.2, 0.25) is 0 Å². The third-order valence-corrected chi connectivity index (χ3v) is 3.34. The molecule has 0 aliphatic rings. The predicted octanol–water partition coefficient (Wildman–Crippen LogP) is 0.656. The summed E-state index contributed by atoms with van der Waals surface area (Å²) < 4.78 is 5.16. The van der Waals surface area contributed by atoms with E-state index >= 15 is 0 Å². The minimum atomic E-state index is -0.675. The fourth-order valence-corrected chi connectivity index (χ4v) is 2.08. The quantitative estimate of drug-likeness (QED) is 0.485. The van der Waals surface area contributed by atoms with Crippen LogP contribution in [0.15, 0.2) is 30.5 Å². The van der Waals surface area contributed by atoms with Gasteiger partial charge in [0.25, 0.3) is 5.91 Å². The molecule has 0 saturated carbocycles. The minimum Gasteiger partial charge on any atom is -0.497 e. The van der Waals surface area contributed by atoms with E-state index in [0.29, 0.717) is 24.4 Å². The number of hydrogen-bond donors (Lipinski definition) is 4. The summed E-state index contributed by atoms with van der Waals surface area (Å²) in [4.78, 5) is 30.9. The first-order valence-corrected chi connectivity index (χ1v) is 7.57. The molecule has 6 N–H and O–H groups in total. The zero-order chi connectivity index (χ0) is 18.2. The molecule has 0 saturated heterocycles. The van der Waals surface area contributed by atoms with E-state index in [1.165, 1.54) is 6.20 Å². The highest BCUT2D eigenvalue weighted by molar-refractivity contribution is 5.98. The number of benzene rings is 1. The third kappa shape index (κ3) is 4.88. The summed E-state index contributed by atoms with van der Waals surface area (Å²) in [6.07, 6.45) is 2.46. The van der Waals surface area contributed by atoms with Gasteiger partial charge in [0.1, 0.15) is 23.4 Å². The van der Waals surface area contributed by atoms with Crippen molar-refractivity contribution in [3.05, 3.63) is 36.0 Å². The molecule has 2 aromatic rings. The summed E-state index contributed by atoms with van der Waals surface area (Å²) in [6, 6.07) is 6.58. The fraction of sp³-hybridized carbons (Fsp3) is 0.250. The molecule has 1 aromatic carbocycles. The van der Waals surface area contributed by atoms with Crippen molar-refractivity contribution in [2.75, 3.05) is 24.3 Å². The average molecular weight is 344 g/mol. The van der Waals surface area contributed by atoms with Crippen LogP contribution in [-0.2, 0) is 4.79 Å². The SMILES string of the molecule is COc1cccc(Nc2nc(NC(C=O)CCN)ncc2C(N)=O)c1. The summed E-state index contributed by atoms with van der Waals surface area (Å²) in [5, 5.41) is 5.86. The van der Waals surface area contributed by atoms with Crippen molar-refractivity contribution in [2.45, 2.75) is 12.5 Å². The van der Waals surface area contributed by atoms with Gasteiger partial charge in [0.2, 0.25) is 5.95 Å². The molecule has 0 radical (unpaired) electrons. The second-order valence-electron chi connectivity index (χ2n) is 5.14. The lowest BCUT2D eigenvalue weighted by Crippen LogP contribution is -2.26. The predicted molar refractivity (Wildman–Crippen MR) is 94.0 cm³/mol. The molecular weight excluding hydrogens is 324 g/mol. The molecule has 0 fully saturated rings. The van der Waals surface area contributed by atoms with Crippen molar-refractivity contribution >= 4 is 29.6 Å². The number of nitrogens with one attached hydrogen (secondary N) is 2. The highest BCUT2D eigenvalue weighted by Gasteiger charge is 2.15. The minimum absolute atomic E-state index is 0.120. The van der Waals surface area contributed by atoms with Crippen LogP contribution in [0.25, 0.3) is 0 Å². The van der Waals surface area contributed by atoms with Gasteiger partial charge < -0.3 is 31.6 Å². The van der Waals surface area contributed by atoms with E-state index in [1.54, 1.807) is 31.4 Å². The highest BCUT2D eigenvalue weighted by atomic mass is 16.5. The number of nitrogens with zero attached hydrogens (tertiary/aromatic N) is 2. The number of primary amides is 1. The smallest absolute Gasteiger partial charge is 0.254 e. The van der Waals surface area contributed by atoms with Gasteiger partial charge in [-0.25, -0.2) is 4.98 Å². The molecule has 132 valence electrons. The average Bonchev–Trinajstić information content (AvgIpc) is 2.61. The maximum absolute atomic E-state index is 11.6. The lowest BCUT2D eigenvalue weighted by atomic mass is 10.2. The van der Waals surface area contributed by atoms with Crippen molar-refractivity contribution in [2.24, 2.45) is 11.5 Å². The first kappa shape index (κ1) is 18.1. The number of methoxy groups -OCH3 is 1. The summed E-state index contributed by atoms with van der Waals surface area (Å²) in [5.41, 5.74) is 11.6. The van der Waals surface area contributed by atoms with Gasteiger partial charge in [0.15, 0.2) is 0 Å². The zero-order valence-corrected chi connectivity index (χ0v) is 13.7. The Labute approximate surface area is 144 Å². The second-order valence-corrected chi connectivity index (χ2v) is 5.14. The van der Waals surface area contributed by atoms with Gasteiger partial charge in [-0.05, 0) is 25.1 Å². The molecule has 0 aliphatic heterocycles. The number of aldehydes is 1. The Hall–Kier alpha value is -3.20. The van der Waals surface area contributed by atoms with Crippen molar-refractivity contribution < 1.29 is 14.3 Å². The number of amides is 1. The first-order chi connectivity index (χ1) is 12.1. The van der Waals surface area contributed by atoms with Gasteiger partial charge in [-0.2, -0.15) is 4.98 Å². The van der Waals surface area contributed by atoms with Crippen LogP contribution in [-0.4, -0.2) is 41.9 Å². The summed E-state index contributed by atoms with van der Waals surface area (Å²) in [6.45, 7) is 0.338. The molecule has 2 rings (SSSR count). The third-order valence-electron chi connectivity index (χ3n) is 3.34. The molecule has 0 aliphatic carbocycles. The van der Waals surface area contributed by atoms with Gasteiger partial charge in [0.05, 0.1) is 13.2 Å². The summed E-state index contributed by atoms with van der Waals surface area (Å²) in [7, 11) is 1.55. The van der Waals surface area contributed by atoms with E-state index in [-0.39, 0.29) is 17.3 Å². The van der Waals surface area contributed by atoms with E-state index in [1.807, 2.05) is 0 Å². The Kier molecular flexibility index (Phi) is 6.24. The first-order valence-electron chi connectivity index (χ1n) is 7.57. The van der Waals surface area contributed by atoms with Crippen molar-refractivity contribution in [3.63, 3.8) is 0 Å². The Bertz CT molecular complexity index is 752. The van der Waals surface area contributed by atoms with Crippen LogP contribution in [0.3, 0.4) is 0 Å². The van der Waals surface area contributed by atoms with E-state index in [0.717, 1.165) is 6.29 Å². The Balaban J connectivity index is 2.31. The molecule has 1 aromatic heterocycles. The molecule has 1 unspecified atom stereocenters. The van der Waals surface area contributed by atoms with Crippen molar-refractivity contribution in [1.29, 1.82) is 0 Å². The normalized spacial score (nSPS) is 11.4. The summed E-state index contributed by atoms with van der Waals surface area (Å²) >= 11 is 0. The molecule has 0 bridgehead atoms. The van der Waals surface area contributed by atoms with Crippen LogP contribution < -0.4 is 26.8 Å². The van der Waals surface area contributed by atoms with E-state index < -0.39 is 11.9 Å². The Morgan fingerprint density at radius 3 is 2.88 bits per heavy atom. The van der Waals surface area contributed by atoms with Crippen molar-refractivity contribution in [1.82, 2.24) is 9.97 Å². The van der Waals surface area contributed by atoms with Crippen LogP contribution >= 0.6 is 0 Å². The van der Waals surface area contributed by atoms with E-state index in [2.05, 4.69) is 20.6 Å². The molecular formula is C16H20N6O3. The summed E-state index contributed by atoms with van der Waals surface area (Å²) in [5.74, 6) is 0.365. The van der Waals surface area contributed by atoms with Gasteiger partial charge in [-0.1, -0.05) is 6.07 Å². The standard InChI is InChI=1S/C16H20N6O3/c1-25-12-4-2-3-10(7-12)20-15-13(14(18)24)8-19-16(22-15)21-11(9-23)5-6-17/h2-4,7-9,11H,5-6,17H2,1H3,(H2,18,24)(H2,19,20,21,22). The molecule has 9 nitrogen and oxygen atoms in total.